The molecule has 0 bridgehead atoms. The molecule has 98 heavy (non-hydrogen) atoms. The predicted octanol–water partition coefficient (Wildman–Crippen LogP) is 4.61. The lowest BCUT2D eigenvalue weighted by molar-refractivity contribution is -0.157. The highest BCUT2D eigenvalue weighted by molar-refractivity contribution is 7.99. The second-order valence-corrected chi connectivity index (χ2v) is 30.6. The number of thioether (sulfide) groups is 1. The minimum atomic E-state index is -1.69. The molecule has 0 spiro atoms. The van der Waals surface area contributed by atoms with Crippen LogP contribution in [0.1, 0.15) is 188 Å². The maximum atomic E-state index is 15.4. The molecule has 0 radical (unpaired) electrons. The third-order valence-electron chi connectivity index (χ3n) is 18.4. The van der Waals surface area contributed by atoms with Gasteiger partial charge in [0.2, 0.25) is 65.0 Å². The molecule has 562 valence electrons. The molecule has 0 aromatic carbocycles. The lowest BCUT2D eigenvalue weighted by Crippen LogP contribution is -2.64. The number of carbonyl (C=O) groups excluding carboxylic acids is 12. The quantitative estimate of drug-likeness (QED) is 0.0437. The van der Waals surface area contributed by atoms with Crippen LogP contribution in [0.25, 0.3) is 0 Å². The number of methoxy groups -OCH3 is 1. The van der Waals surface area contributed by atoms with Gasteiger partial charge < -0.3 is 70.5 Å². The summed E-state index contributed by atoms with van der Waals surface area (Å²) in [5, 5.41) is 34.8. The summed E-state index contributed by atoms with van der Waals surface area (Å²) in [5.74, 6) is -10.2. The Labute approximate surface area is 590 Å². The summed E-state index contributed by atoms with van der Waals surface area (Å²) >= 11 is 1.29. The van der Waals surface area contributed by atoms with Gasteiger partial charge in [0.05, 0.1) is 18.8 Å². The Morgan fingerprint density at radius 1 is 0.551 bits per heavy atom. The zero-order valence-electron chi connectivity index (χ0n) is 64.0. The van der Waals surface area contributed by atoms with Gasteiger partial charge >= 0.3 is 5.97 Å². The average Bonchev–Trinajstić information content (AvgIpc) is 0.805. The normalized spacial score (nSPS) is 25.7. The van der Waals surface area contributed by atoms with E-state index in [4.69, 9.17) is 4.74 Å². The Hall–Kier alpha value is -6.35. The molecule has 1 rings (SSSR count). The minimum Gasteiger partial charge on any atom is -0.469 e. The van der Waals surface area contributed by atoms with Crippen LogP contribution in [0.4, 0.5) is 0 Å². The summed E-state index contributed by atoms with van der Waals surface area (Å²) in [6.07, 6.45) is 4.26. The van der Waals surface area contributed by atoms with Crippen molar-refractivity contribution in [3.8, 4) is 0 Å². The minimum absolute atomic E-state index is 0.0489. The van der Waals surface area contributed by atoms with Crippen molar-refractivity contribution in [3.63, 3.8) is 0 Å². The summed E-state index contributed by atoms with van der Waals surface area (Å²) in [7, 11) is 11.1. The van der Waals surface area contributed by atoms with Gasteiger partial charge in [-0.1, -0.05) is 95.2 Å². The van der Waals surface area contributed by atoms with E-state index in [-0.39, 0.29) is 68.5 Å². The van der Waals surface area contributed by atoms with Crippen LogP contribution in [0.2, 0.25) is 0 Å². The summed E-state index contributed by atoms with van der Waals surface area (Å²) in [6, 6.07) is -14.7. The number of rotatable bonds is 24. The Morgan fingerprint density at radius 3 is 1.53 bits per heavy atom. The van der Waals surface area contributed by atoms with Crippen molar-refractivity contribution in [1.29, 1.82) is 0 Å². The highest BCUT2D eigenvalue weighted by Crippen LogP contribution is 2.27. The van der Waals surface area contributed by atoms with Gasteiger partial charge in [-0.15, -0.1) is 0 Å². The van der Waals surface area contributed by atoms with Crippen molar-refractivity contribution in [3.05, 3.63) is 12.2 Å². The first-order valence-electron chi connectivity index (χ1n) is 35.1. The number of unbranched alkanes of at least 4 members (excludes halogenated alkanes) is 1. The zero-order chi connectivity index (χ0) is 75.7. The van der Waals surface area contributed by atoms with Gasteiger partial charge in [-0.05, 0) is 134 Å². The molecule has 1 saturated heterocycles. The number of amides is 11. The average molecular weight is 1410 g/mol. The van der Waals surface area contributed by atoms with Crippen LogP contribution in [0.3, 0.4) is 0 Å². The SMILES string of the molecule is C/C=C/C[C@@H](C)[C@@H](O)[C@H]1C(=O)N[C@H](CC)C(=O)N(C)[C@@H](CSCCCCC(=O)OC)C(=O)N(C)[C@@H](CC(C)(C)O)C(=O)N[C@H](C(C)C)C(=O)N(C)[C@H](CCC(C)C)C(=O)N[C@H](C)C(=O)N[C@@H](C)C(=O)N(C)[C@@H](CC(C)C)C(=O)N(C)[C@H](CCC(C)C)C(=O)N(C)[C@H](C(C)C)C(=O)N1C. The number of nitrogens with zero attached hydrogens (tertiary/aromatic N) is 7. The van der Waals surface area contributed by atoms with Gasteiger partial charge in [0.1, 0.15) is 66.5 Å². The predicted molar refractivity (Wildman–Crippen MR) is 381 cm³/mol. The first kappa shape index (κ1) is 89.7. The molecule has 1 heterocycles. The fraction of sp³-hybridized carbons (Fsp3) is 0.803. The number of hydrogen-bond acceptors (Lipinski definition) is 16. The number of likely N-dealkylation sites (N-methyl/N-ethyl adjacent to an activating group) is 7. The van der Waals surface area contributed by atoms with Crippen LogP contribution in [-0.2, 0) is 62.3 Å². The maximum absolute atomic E-state index is 15.4. The summed E-state index contributed by atoms with van der Waals surface area (Å²) in [4.78, 5) is 185. The molecule has 1 fully saturated rings. The first-order valence-corrected chi connectivity index (χ1v) is 36.3. The Balaban J connectivity index is 4.61. The van der Waals surface area contributed by atoms with Crippen molar-refractivity contribution in [2.24, 2.45) is 35.5 Å². The summed E-state index contributed by atoms with van der Waals surface area (Å²) < 4.78 is 4.81. The van der Waals surface area contributed by atoms with Crippen LogP contribution < -0.4 is 21.3 Å². The fourth-order valence-electron chi connectivity index (χ4n) is 12.0. The van der Waals surface area contributed by atoms with Gasteiger partial charge in [-0.2, -0.15) is 11.8 Å². The van der Waals surface area contributed by atoms with E-state index in [1.54, 1.807) is 60.6 Å². The van der Waals surface area contributed by atoms with Crippen LogP contribution in [0.5, 0.6) is 0 Å². The molecule has 0 saturated carbocycles. The second-order valence-electron chi connectivity index (χ2n) is 29.5. The molecular weight excluding hydrogens is 1280 g/mol. The molecule has 26 nitrogen and oxygen atoms in total. The second kappa shape index (κ2) is 42.0. The van der Waals surface area contributed by atoms with Gasteiger partial charge in [0, 0.05) is 67.9 Å². The molecule has 0 unspecified atom stereocenters. The number of allylic oxidation sites excluding steroid dienone is 2. The Bertz CT molecular complexity index is 2690. The molecule has 0 aromatic heterocycles. The van der Waals surface area contributed by atoms with Crippen LogP contribution in [0.15, 0.2) is 12.2 Å². The van der Waals surface area contributed by atoms with Crippen molar-refractivity contribution < 1.29 is 72.5 Å². The van der Waals surface area contributed by atoms with Gasteiger partial charge in [-0.25, -0.2) is 0 Å². The third kappa shape index (κ3) is 27.0. The summed E-state index contributed by atoms with van der Waals surface area (Å²) in [5.41, 5.74) is -1.62. The molecular formula is C71H127N11O15S. The number of nitrogens with one attached hydrogen (secondary N) is 4. The van der Waals surface area contributed by atoms with E-state index in [9.17, 15) is 34.2 Å². The maximum Gasteiger partial charge on any atom is 0.305 e. The Kier molecular flexibility index (Phi) is 38.5. The van der Waals surface area contributed by atoms with Crippen molar-refractivity contribution in [1.82, 2.24) is 55.6 Å². The Morgan fingerprint density at radius 2 is 1.03 bits per heavy atom. The number of aliphatic hydroxyl groups excluding tert-OH is 1. The largest absolute Gasteiger partial charge is 0.469 e. The van der Waals surface area contributed by atoms with Gasteiger partial charge in [-0.3, -0.25) is 57.5 Å². The van der Waals surface area contributed by atoms with Crippen molar-refractivity contribution >= 4 is 82.7 Å². The van der Waals surface area contributed by atoms with E-state index < -0.39 is 167 Å². The zero-order valence-corrected chi connectivity index (χ0v) is 64.8. The molecule has 0 aliphatic carbocycles. The van der Waals surface area contributed by atoms with Gasteiger partial charge in [0.25, 0.3) is 0 Å². The summed E-state index contributed by atoms with van der Waals surface area (Å²) in [6.45, 7) is 29.2. The number of ether oxygens (including phenoxy) is 1. The lowest BCUT2D eigenvalue weighted by atomic mass is 9.91. The molecule has 0 aromatic rings. The van der Waals surface area contributed by atoms with E-state index in [2.05, 4.69) is 21.3 Å². The van der Waals surface area contributed by atoms with E-state index in [0.29, 0.717) is 31.4 Å². The fourth-order valence-corrected chi connectivity index (χ4v) is 13.1. The number of hydrogen-bond donors (Lipinski definition) is 6. The standard InChI is InChI=1S/C71H127N11O15S/c1-26-28-31-46(13)59(84)58-63(88)74-49(27-2)65(90)80(22)54(40-98-37-30-29-32-55(83)97-25)68(93)79(21)53(39-71(16,17)96)62(87)75-56(44(9)10)69(94)76(18)50(35-33-41(3)4)61(86)72-47(14)60(85)73-48(15)64(89)78(20)52(38-43(7)8)67(92)77(19)51(36-34-42(5)6)66(91)81(23)57(45(11)12)70(95)82(58)24/h26,28,41-54,56-59,84,96H,27,29-40H2,1-25H3,(H,72,86)(H,73,85)(H,74,88)(H,75,87)/b28-26+/t46-,47-,48+,49-,50-,51-,52+,53+,54+,56-,57-,58+,59-/m1/s1. The molecule has 11 amide bonds. The topological polar surface area (TPSA) is 325 Å². The highest BCUT2D eigenvalue weighted by Gasteiger charge is 2.47. The monoisotopic (exact) mass is 1410 g/mol. The van der Waals surface area contributed by atoms with Crippen LogP contribution in [0, 0.1) is 35.5 Å². The number of carbonyl (C=O) groups is 12. The highest BCUT2D eigenvalue weighted by atomic mass is 32.2. The third-order valence-corrected chi connectivity index (χ3v) is 19.6. The smallest absolute Gasteiger partial charge is 0.305 e. The number of aliphatic hydroxyl groups is 2. The molecule has 1 aliphatic heterocycles. The molecule has 6 N–H and O–H groups in total. The van der Waals surface area contributed by atoms with E-state index in [0.717, 1.165) is 14.7 Å². The molecule has 1 aliphatic rings. The van der Waals surface area contributed by atoms with E-state index in [1.165, 1.54) is 115 Å². The molecule has 27 heteroatoms. The lowest BCUT2D eigenvalue weighted by Gasteiger charge is -2.41. The number of esters is 1. The van der Waals surface area contributed by atoms with E-state index >= 15 is 33.6 Å². The van der Waals surface area contributed by atoms with Crippen molar-refractivity contribution in [2.75, 3.05) is 67.9 Å². The van der Waals surface area contributed by atoms with E-state index in [1.807, 2.05) is 41.5 Å². The van der Waals surface area contributed by atoms with Crippen molar-refractivity contribution in [2.45, 2.75) is 266 Å². The van der Waals surface area contributed by atoms with Crippen LogP contribution in [-0.4, -0.2) is 262 Å². The van der Waals surface area contributed by atoms with Gasteiger partial charge in [0.15, 0.2) is 0 Å². The molecule has 13 atom stereocenters. The first-order chi connectivity index (χ1) is 45.4. The van der Waals surface area contributed by atoms with Crippen LogP contribution >= 0.6 is 11.8 Å².